The van der Waals surface area contributed by atoms with E-state index >= 15 is 0 Å². The maximum absolute atomic E-state index is 12.1. The van der Waals surface area contributed by atoms with Crippen LogP contribution in [0.4, 0.5) is 5.69 Å². The molecular formula is C16H19NOS. The molecule has 0 fully saturated rings. The molecule has 1 heterocycles. The predicted octanol–water partition coefficient (Wildman–Crippen LogP) is 4.57. The summed E-state index contributed by atoms with van der Waals surface area (Å²) < 4.78 is 0. The molecule has 0 bridgehead atoms. The summed E-state index contributed by atoms with van der Waals surface area (Å²) in [7, 11) is 0. The van der Waals surface area contributed by atoms with E-state index in [9.17, 15) is 4.79 Å². The van der Waals surface area contributed by atoms with Crippen LogP contribution in [0.5, 0.6) is 0 Å². The summed E-state index contributed by atoms with van der Waals surface area (Å²) in [6.45, 7) is 6.23. The third-order valence-electron chi connectivity index (χ3n) is 3.14. The Morgan fingerprint density at radius 3 is 2.42 bits per heavy atom. The van der Waals surface area contributed by atoms with Crippen molar-refractivity contribution in [2.45, 2.75) is 33.6 Å². The van der Waals surface area contributed by atoms with Crippen LogP contribution in [0.25, 0.3) is 0 Å². The Balaban J connectivity index is 2.06. The SMILES string of the molecule is CCCc1ccc(NC(=O)c2cc(C)c(C)s2)cc1. The number of nitrogens with one attached hydrogen (secondary N) is 1. The second-order valence-corrected chi connectivity index (χ2v) is 6.01. The number of rotatable bonds is 4. The summed E-state index contributed by atoms with van der Waals surface area (Å²) in [5.41, 5.74) is 3.34. The van der Waals surface area contributed by atoms with Crippen LogP contribution in [0.15, 0.2) is 30.3 Å². The zero-order valence-corrected chi connectivity index (χ0v) is 12.4. The zero-order valence-electron chi connectivity index (χ0n) is 11.6. The van der Waals surface area contributed by atoms with Gasteiger partial charge in [-0.3, -0.25) is 4.79 Å². The van der Waals surface area contributed by atoms with E-state index in [-0.39, 0.29) is 5.91 Å². The van der Waals surface area contributed by atoms with E-state index in [0.717, 1.165) is 23.4 Å². The Kier molecular flexibility index (Phi) is 4.38. The van der Waals surface area contributed by atoms with Crippen molar-refractivity contribution >= 4 is 22.9 Å². The predicted molar refractivity (Wildman–Crippen MR) is 82.2 cm³/mol. The van der Waals surface area contributed by atoms with Gasteiger partial charge >= 0.3 is 0 Å². The number of anilines is 1. The summed E-state index contributed by atoms with van der Waals surface area (Å²) in [4.78, 5) is 14.1. The Bertz CT molecular complexity index is 549. The van der Waals surface area contributed by atoms with Crippen LogP contribution in [0.2, 0.25) is 0 Å². The van der Waals surface area contributed by atoms with Crippen LogP contribution < -0.4 is 5.32 Å². The molecule has 0 radical (unpaired) electrons. The number of carbonyl (C=O) groups excluding carboxylic acids is 1. The lowest BCUT2D eigenvalue weighted by atomic mass is 10.1. The van der Waals surface area contributed by atoms with Crippen molar-refractivity contribution in [3.63, 3.8) is 0 Å². The molecule has 0 saturated heterocycles. The van der Waals surface area contributed by atoms with E-state index in [4.69, 9.17) is 0 Å². The Labute approximate surface area is 118 Å². The van der Waals surface area contributed by atoms with Gasteiger partial charge in [-0.05, 0) is 49.6 Å². The van der Waals surface area contributed by atoms with Gasteiger partial charge in [-0.2, -0.15) is 0 Å². The number of carbonyl (C=O) groups is 1. The van der Waals surface area contributed by atoms with Gasteiger partial charge in [0.05, 0.1) is 4.88 Å². The molecule has 1 amide bonds. The first-order valence-electron chi connectivity index (χ1n) is 6.57. The smallest absolute Gasteiger partial charge is 0.265 e. The van der Waals surface area contributed by atoms with Crippen molar-refractivity contribution in [1.82, 2.24) is 0 Å². The quantitative estimate of drug-likeness (QED) is 0.868. The monoisotopic (exact) mass is 273 g/mol. The zero-order chi connectivity index (χ0) is 13.8. The molecule has 100 valence electrons. The molecule has 2 rings (SSSR count). The highest BCUT2D eigenvalue weighted by molar-refractivity contribution is 7.14. The van der Waals surface area contributed by atoms with Gasteiger partial charge in [-0.15, -0.1) is 11.3 Å². The topological polar surface area (TPSA) is 29.1 Å². The van der Waals surface area contributed by atoms with E-state index < -0.39 is 0 Å². The van der Waals surface area contributed by atoms with Crippen LogP contribution in [-0.2, 0) is 6.42 Å². The normalized spacial score (nSPS) is 10.5. The first kappa shape index (κ1) is 13.8. The molecular weight excluding hydrogens is 254 g/mol. The molecule has 0 unspecified atom stereocenters. The average molecular weight is 273 g/mol. The number of amides is 1. The summed E-state index contributed by atoms with van der Waals surface area (Å²) in [5.74, 6) is -0.0237. The molecule has 19 heavy (non-hydrogen) atoms. The summed E-state index contributed by atoms with van der Waals surface area (Å²) in [6.07, 6.45) is 2.22. The molecule has 3 heteroatoms. The second kappa shape index (κ2) is 6.02. The van der Waals surface area contributed by atoms with Crippen LogP contribution in [0.1, 0.15) is 39.0 Å². The van der Waals surface area contributed by atoms with Crippen molar-refractivity contribution in [2.75, 3.05) is 5.32 Å². The Hall–Kier alpha value is -1.61. The van der Waals surface area contributed by atoms with Crippen LogP contribution in [-0.4, -0.2) is 5.91 Å². The first-order valence-corrected chi connectivity index (χ1v) is 7.39. The van der Waals surface area contributed by atoms with Crippen molar-refractivity contribution in [2.24, 2.45) is 0 Å². The van der Waals surface area contributed by atoms with E-state index in [1.807, 2.05) is 32.0 Å². The standard InChI is InChI=1S/C16H19NOS/c1-4-5-13-6-8-14(9-7-13)17-16(18)15-10-11(2)12(3)19-15/h6-10H,4-5H2,1-3H3,(H,17,18). The number of hydrogen-bond donors (Lipinski definition) is 1. The lowest BCUT2D eigenvalue weighted by Gasteiger charge is -2.05. The molecule has 0 spiro atoms. The molecule has 0 atom stereocenters. The van der Waals surface area contributed by atoms with Gasteiger partial charge in [0.1, 0.15) is 0 Å². The molecule has 2 nitrogen and oxygen atoms in total. The van der Waals surface area contributed by atoms with E-state index in [1.165, 1.54) is 16.0 Å². The van der Waals surface area contributed by atoms with Gasteiger partial charge in [0.25, 0.3) is 5.91 Å². The molecule has 1 N–H and O–H groups in total. The highest BCUT2D eigenvalue weighted by Crippen LogP contribution is 2.22. The Morgan fingerprint density at radius 1 is 1.21 bits per heavy atom. The van der Waals surface area contributed by atoms with Crippen LogP contribution >= 0.6 is 11.3 Å². The molecule has 0 aliphatic heterocycles. The molecule has 1 aromatic carbocycles. The number of benzene rings is 1. The maximum Gasteiger partial charge on any atom is 0.265 e. The molecule has 1 aromatic heterocycles. The highest BCUT2D eigenvalue weighted by Gasteiger charge is 2.10. The summed E-state index contributed by atoms with van der Waals surface area (Å²) in [6, 6.07) is 10.0. The van der Waals surface area contributed by atoms with Crippen molar-refractivity contribution in [3.05, 3.63) is 51.2 Å². The number of hydrogen-bond acceptors (Lipinski definition) is 2. The third kappa shape index (κ3) is 3.44. The molecule has 0 saturated carbocycles. The minimum Gasteiger partial charge on any atom is -0.321 e. The minimum atomic E-state index is -0.0237. The lowest BCUT2D eigenvalue weighted by Crippen LogP contribution is -2.09. The fourth-order valence-corrected chi connectivity index (χ4v) is 2.85. The van der Waals surface area contributed by atoms with Crippen molar-refractivity contribution < 1.29 is 4.79 Å². The van der Waals surface area contributed by atoms with Gasteiger partial charge < -0.3 is 5.32 Å². The molecule has 2 aromatic rings. The summed E-state index contributed by atoms with van der Waals surface area (Å²) >= 11 is 1.54. The highest BCUT2D eigenvalue weighted by atomic mass is 32.1. The number of aryl methyl sites for hydroxylation is 3. The van der Waals surface area contributed by atoms with Crippen LogP contribution in [0, 0.1) is 13.8 Å². The van der Waals surface area contributed by atoms with E-state index in [2.05, 4.69) is 24.4 Å². The fraction of sp³-hybridized carbons (Fsp3) is 0.312. The van der Waals surface area contributed by atoms with Gasteiger partial charge in [0.2, 0.25) is 0 Å². The van der Waals surface area contributed by atoms with E-state index in [0.29, 0.717) is 0 Å². The average Bonchev–Trinajstić information content (AvgIpc) is 2.72. The molecule has 0 aliphatic rings. The van der Waals surface area contributed by atoms with Crippen molar-refractivity contribution in [3.8, 4) is 0 Å². The lowest BCUT2D eigenvalue weighted by molar-refractivity contribution is 0.103. The number of thiophene rings is 1. The fourth-order valence-electron chi connectivity index (χ4n) is 1.92. The first-order chi connectivity index (χ1) is 9.10. The maximum atomic E-state index is 12.1. The van der Waals surface area contributed by atoms with Crippen LogP contribution in [0.3, 0.4) is 0 Å². The second-order valence-electron chi connectivity index (χ2n) is 4.75. The van der Waals surface area contributed by atoms with Gasteiger partial charge in [0.15, 0.2) is 0 Å². The molecule has 0 aliphatic carbocycles. The minimum absolute atomic E-state index is 0.0237. The Morgan fingerprint density at radius 2 is 1.89 bits per heavy atom. The van der Waals surface area contributed by atoms with Gasteiger partial charge in [-0.25, -0.2) is 0 Å². The third-order valence-corrected chi connectivity index (χ3v) is 4.29. The van der Waals surface area contributed by atoms with E-state index in [1.54, 1.807) is 11.3 Å². The van der Waals surface area contributed by atoms with Gasteiger partial charge in [-0.1, -0.05) is 25.5 Å². The summed E-state index contributed by atoms with van der Waals surface area (Å²) in [5, 5.41) is 2.94. The van der Waals surface area contributed by atoms with Crippen molar-refractivity contribution in [1.29, 1.82) is 0 Å². The van der Waals surface area contributed by atoms with Gasteiger partial charge in [0, 0.05) is 10.6 Å². The largest absolute Gasteiger partial charge is 0.321 e.